The molecule has 4 rings (SSSR count). The van der Waals surface area contributed by atoms with Gasteiger partial charge in [0.05, 0.1) is 17.3 Å². The van der Waals surface area contributed by atoms with E-state index in [1.165, 1.54) is 11.8 Å². The van der Waals surface area contributed by atoms with Gasteiger partial charge in [-0.2, -0.15) is 5.26 Å². The second-order valence-corrected chi connectivity index (χ2v) is 9.78. The van der Waals surface area contributed by atoms with Gasteiger partial charge in [-0.3, -0.25) is 4.79 Å². The number of amides is 1. The Labute approximate surface area is 207 Å². The molecular weight excluding hydrogens is 496 g/mol. The molecule has 0 saturated carbocycles. The van der Waals surface area contributed by atoms with Gasteiger partial charge in [-0.1, -0.05) is 64.8 Å². The molecule has 4 nitrogen and oxygen atoms in total. The molecule has 6 heteroatoms. The van der Waals surface area contributed by atoms with Crippen LogP contribution in [0.25, 0.3) is 0 Å². The van der Waals surface area contributed by atoms with Gasteiger partial charge >= 0.3 is 0 Å². The van der Waals surface area contributed by atoms with Crippen molar-refractivity contribution in [3.8, 4) is 11.8 Å². The number of alkyl halides is 1. The summed E-state index contributed by atoms with van der Waals surface area (Å²) in [5.74, 6) is 0.680. The number of nitriles is 1. The van der Waals surface area contributed by atoms with Crippen molar-refractivity contribution in [3.63, 3.8) is 0 Å². The minimum Gasteiger partial charge on any atom is -0.489 e. The van der Waals surface area contributed by atoms with Gasteiger partial charge in [0.25, 0.3) is 0 Å². The fourth-order valence-corrected chi connectivity index (χ4v) is 5.52. The summed E-state index contributed by atoms with van der Waals surface area (Å²) in [6, 6.07) is 25.5. The molecule has 1 unspecified atom stereocenters. The second kappa shape index (κ2) is 11.4. The van der Waals surface area contributed by atoms with Crippen LogP contribution in [-0.2, 0) is 11.4 Å². The number of benzene rings is 3. The molecule has 1 amide bonds. The van der Waals surface area contributed by atoms with E-state index in [0.717, 1.165) is 46.3 Å². The number of ether oxygens (including phenoxy) is 1. The third-order valence-electron chi connectivity index (χ3n) is 5.57. The van der Waals surface area contributed by atoms with Gasteiger partial charge in [0.15, 0.2) is 0 Å². The number of fused-ring (bicyclic) bond motifs is 1. The van der Waals surface area contributed by atoms with Crippen molar-refractivity contribution in [1.82, 2.24) is 0 Å². The van der Waals surface area contributed by atoms with E-state index in [0.29, 0.717) is 24.5 Å². The zero-order valence-electron chi connectivity index (χ0n) is 18.2. The molecule has 1 atom stereocenters. The third kappa shape index (κ3) is 5.61. The molecule has 1 aliphatic rings. The fraction of sp³-hybridized carbons (Fsp3) is 0.259. The number of halogens is 1. The van der Waals surface area contributed by atoms with Crippen LogP contribution in [0.15, 0.2) is 77.7 Å². The molecule has 33 heavy (non-hydrogen) atoms. The molecule has 1 heterocycles. The molecule has 0 saturated heterocycles. The van der Waals surface area contributed by atoms with Gasteiger partial charge in [0.2, 0.25) is 5.91 Å². The highest BCUT2D eigenvalue weighted by atomic mass is 79.9. The van der Waals surface area contributed by atoms with E-state index >= 15 is 0 Å². The lowest BCUT2D eigenvalue weighted by molar-refractivity contribution is -0.118. The summed E-state index contributed by atoms with van der Waals surface area (Å²) in [5.41, 5.74) is 3.29. The standard InChI is InChI=1S/C27H25BrN2O2S/c28-15-7-2-8-16-30-23-11-5-6-12-25(23)33-26(27(30)31)22-17-21(18-29)13-14-24(22)32-19-20-9-3-1-4-10-20/h1,3-6,9-14,17,26H,2,7-8,15-16,19H2. The van der Waals surface area contributed by atoms with Crippen molar-refractivity contribution < 1.29 is 9.53 Å². The Morgan fingerprint density at radius 3 is 2.58 bits per heavy atom. The maximum absolute atomic E-state index is 13.7. The molecule has 1 aliphatic heterocycles. The highest BCUT2D eigenvalue weighted by Crippen LogP contribution is 2.48. The average molecular weight is 521 g/mol. The van der Waals surface area contributed by atoms with E-state index < -0.39 is 5.25 Å². The van der Waals surface area contributed by atoms with Crippen LogP contribution in [0.3, 0.4) is 0 Å². The van der Waals surface area contributed by atoms with Crippen molar-refractivity contribution in [1.29, 1.82) is 5.26 Å². The third-order valence-corrected chi connectivity index (χ3v) is 7.42. The van der Waals surface area contributed by atoms with Crippen molar-refractivity contribution in [2.45, 2.75) is 36.0 Å². The number of nitrogens with zero attached hydrogens (tertiary/aromatic N) is 2. The molecule has 0 aliphatic carbocycles. The topological polar surface area (TPSA) is 53.3 Å². The monoisotopic (exact) mass is 520 g/mol. The van der Waals surface area contributed by atoms with Gasteiger partial charge in [-0.05, 0) is 48.7 Å². The summed E-state index contributed by atoms with van der Waals surface area (Å²) in [6.07, 6.45) is 3.09. The number of para-hydroxylation sites is 1. The first-order valence-corrected chi connectivity index (χ1v) is 13.0. The summed E-state index contributed by atoms with van der Waals surface area (Å²) in [7, 11) is 0. The Bertz CT molecular complexity index is 1150. The molecule has 0 radical (unpaired) electrons. The van der Waals surface area contributed by atoms with Crippen molar-refractivity contribution in [2.24, 2.45) is 0 Å². The minimum absolute atomic E-state index is 0.0391. The van der Waals surface area contributed by atoms with Crippen LogP contribution in [0.4, 0.5) is 5.69 Å². The molecule has 168 valence electrons. The van der Waals surface area contributed by atoms with Crippen LogP contribution in [0.5, 0.6) is 5.75 Å². The largest absolute Gasteiger partial charge is 0.489 e. The Hall–Kier alpha value is -2.75. The normalized spacial score (nSPS) is 15.1. The highest BCUT2D eigenvalue weighted by molar-refractivity contribution is 9.09. The van der Waals surface area contributed by atoms with Crippen molar-refractivity contribution in [3.05, 3.63) is 89.5 Å². The Balaban J connectivity index is 1.65. The zero-order valence-corrected chi connectivity index (χ0v) is 20.6. The first-order chi connectivity index (χ1) is 16.2. The first-order valence-electron chi connectivity index (χ1n) is 11.0. The molecule has 0 spiro atoms. The molecule has 0 aromatic heterocycles. The lowest BCUT2D eigenvalue weighted by atomic mass is 10.0. The SMILES string of the molecule is N#Cc1ccc(OCc2ccccc2)c(C2Sc3ccccc3N(CCCCCBr)C2=O)c1. The summed E-state index contributed by atoms with van der Waals surface area (Å²) in [6.45, 7) is 1.08. The summed E-state index contributed by atoms with van der Waals surface area (Å²) < 4.78 is 6.16. The molecule has 0 bridgehead atoms. The molecule has 0 N–H and O–H groups in total. The van der Waals surface area contributed by atoms with Crippen molar-refractivity contribution in [2.75, 3.05) is 16.8 Å². The Morgan fingerprint density at radius 1 is 1.00 bits per heavy atom. The Morgan fingerprint density at radius 2 is 1.79 bits per heavy atom. The summed E-state index contributed by atoms with van der Waals surface area (Å²) in [5, 5.41) is 10.0. The predicted octanol–water partition coefficient (Wildman–Crippen LogP) is 6.88. The van der Waals surface area contributed by atoms with Gasteiger partial charge in [-0.25, -0.2) is 0 Å². The smallest absolute Gasteiger partial charge is 0.245 e. The van der Waals surface area contributed by atoms with Gasteiger partial charge in [0.1, 0.15) is 17.6 Å². The highest BCUT2D eigenvalue weighted by Gasteiger charge is 2.36. The first kappa shape index (κ1) is 23.4. The van der Waals surface area contributed by atoms with E-state index in [1.807, 2.05) is 59.5 Å². The fourth-order valence-electron chi connectivity index (χ4n) is 3.88. The Kier molecular flexibility index (Phi) is 8.09. The average Bonchev–Trinajstić information content (AvgIpc) is 2.86. The number of anilines is 1. The number of thioether (sulfide) groups is 1. The van der Waals surface area contributed by atoms with Crippen LogP contribution in [0.1, 0.15) is 41.2 Å². The number of hydrogen-bond donors (Lipinski definition) is 0. The number of carbonyl (C=O) groups excluding carboxylic acids is 1. The van der Waals surface area contributed by atoms with E-state index in [1.54, 1.807) is 12.1 Å². The van der Waals surface area contributed by atoms with Crippen LogP contribution >= 0.6 is 27.7 Å². The predicted molar refractivity (Wildman–Crippen MR) is 137 cm³/mol. The second-order valence-electron chi connectivity index (χ2n) is 7.84. The maximum atomic E-state index is 13.7. The van der Waals surface area contributed by atoms with E-state index in [9.17, 15) is 10.1 Å². The van der Waals surface area contributed by atoms with Crippen LogP contribution in [0, 0.1) is 11.3 Å². The van der Waals surface area contributed by atoms with Crippen LogP contribution in [-0.4, -0.2) is 17.8 Å². The quantitative estimate of drug-likeness (QED) is 0.228. The molecule has 3 aromatic rings. The minimum atomic E-state index is -0.463. The molecule has 0 fully saturated rings. The van der Waals surface area contributed by atoms with Gasteiger partial charge in [0, 0.05) is 22.3 Å². The molecular formula is C27H25BrN2O2S. The summed E-state index contributed by atoms with van der Waals surface area (Å²) >= 11 is 5.01. The maximum Gasteiger partial charge on any atom is 0.245 e. The van der Waals surface area contributed by atoms with Crippen molar-refractivity contribution >= 4 is 39.3 Å². The van der Waals surface area contributed by atoms with E-state index in [2.05, 4.69) is 28.1 Å². The van der Waals surface area contributed by atoms with E-state index in [-0.39, 0.29) is 5.91 Å². The lowest BCUT2D eigenvalue weighted by Gasteiger charge is -2.34. The zero-order chi connectivity index (χ0) is 23.0. The number of carbonyl (C=O) groups is 1. The number of unbranched alkanes of at least 4 members (excludes halogenated alkanes) is 2. The van der Waals surface area contributed by atoms with E-state index in [4.69, 9.17) is 4.74 Å². The van der Waals surface area contributed by atoms with Gasteiger partial charge < -0.3 is 9.64 Å². The van der Waals surface area contributed by atoms with Gasteiger partial charge in [-0.15, -0.1) is 11.8 Å². The van der Waals surface area contributed by atoms with Crippen LogP contribution < -0.4 is 9.64 Å². The lowest BCUT2D eigenvalue weighted by Crippen LogP contribution is -2.38. The number of hydrogen-bond acceptors (Lipinski definition) is 4. The van der Waals surface area contributed by atoms with Crippen LogP contribution in [0.2, 0.25) is 0 Å². The number of rotatable bonds is 9. The molecule has 3 aromatic carbocycles. The summed E-state index contributed by atoms with van der Waals surface area (Å²) in [4.78, 5) is 16.7.